The molecule has 2 aromatic carbocycles. The van der Waals surface area contributed by atoms with E-state index in [1.165, 1.54) is 12.1 Å². The maximum atomic E-state index is 13.0. The lowest BCUT2D eigenvalue weighted by atomic mass is 9.91. The fourth-order valence-corrected chi connectivity index (χ4v) is 2.84. The first-order chi connectivity index (χ1) is 10.1. The van der Waals surface area contributed by atoms with Gasteiger partial charge in [-0.3, -0.25) is 4.79 Å². The minimum Gasteiger partial charge on any atom is -0.369 e. The standard InChI is InChI=1S/C17H17FN2O/c18-15-7-5-12(6-8-15)10-20-11-14(17(19)21)9-13-3-1-2-4-16(13)20/h1-8,14H,9-11H2,(H2,19,21). The number of amides is 1. The molecule has 1 amide bonds. The summed E-state index contributed by atoms with van der Waals surface area (Å²) in [5.41, 5.74) is 8.75. The van der Waals surface area contributed by atoms with Crippen molar-refractivity contribution in [3.05, 3.63) is 65.5 Å². The Kier molecular flexibility index (Phi) is 3.60. The summed E-state index contributed by atoms with van der Waals surface area (Å²) in [5.74, 6) is -0.693. The van der Waals surface area contributed by atoms with Crippen LogP contribution in [0.5, 0.6) is 0 Å². The number of halogens is 1. The van der Waals surface area contributed by atoms with Crippen LogP contribution < -0.4 is 10.6 Å². The van der Waals surface area contributed by atoms with E-state index in [1.54, 1.807) is 12.1 Å². The highest BCUT2D eigenvalue weighted by Gasteiger charge is 2.27. The van der Waals surface area contributed by atoms with Gasteiger partial charge in [0.15, 0.2) is 0 Å². The minimum atomic E-state index is -0.270. The third-order valence-electron chi connectivity index (χ3n) is 3.93. The van der Waals surface area contributed by atoms with Gasteiger partial charge in [0.2, 0.25) is 5.91 Å². The number of hydrogen-bond acceptors (Lipinski definition) is 2. The highest BCUT2D eigenvalue weighted by molar-refractivity contribution is 5.79. The number of primary amides is 1. The fraction of sp³-hybridized carbons (Fsp3) is 0.235. The first-order valence-electron chi connectivity index (χ1n) is 7.00. The van der Waals surface area contributed by atoms with E-state index in [4.69, 9.17) is 5.73 Å². The van der Waals surface area contributed by atoms with E-state index < -0.39 is 0 Å². The van der Waals surface area contributed by atoms with Crippen LogP contribution in [-0.2, 0) is 17.8 Å². The van der Waals surface area contributed by atoms with Crippen molar-refractivity contribution in [2.75, 3.05) is 11.4 Å². The molecule has 0 bridgehead atoms. The predicted octanol–water partition coefficient (Wildman–Crippen LogP) is 2.49. The molecule has 0 saturated heterocycles. The molecule has 2 N–H and O–H groups in total. The highest BCUT2D eigenvalue weighted by atomic mass is 19.1. The lowest BCUT2D eigenvalue weighted by molar-refractivity contribution is -0.121. The maximum absolute atomic E-state index is 13.0. The van der Waals surface area contributed by atoms with Crippen molar-refractivity contribution in [3.63, 3.8) is 0 Å². The zero-order valence-electron chi connectivity index (χ0n) is 11.6. The molecule has 0 aromatic heterocycles. The molecule has 0 aliphatic carbocycles. The Bertz CT molecular complexity index is 654. The van der Waals surface area contributed by atoms with Crippen LogP contribution in [-0.4, -0.2) is 12.5 Å². The number of anilines is 1. The number of nitrogens with two attached hydrogens (primary N) is 1. The average molecular weight is 284 g/mol. The number of nitrogens with zero attached hydrogens (tertiary/aromatic N) is 1. The van der Waals surface area contributed by atoms with Gasteiger partial charge in [0.25, 0.3) is 0 Å². The van der Waals surface area contributed by atoms with Gasteiger partial charge in [0.1, 0.15) is 5.82 Å². The van der Waals surface area contributed by atoms with E-state index >= 15 is 0 Å². The SMILES string of the molecule is NC(=O)C1Cc2ccccc2N(Cc2ccc(F)cc2)C1. The number of fused-ring (bicyclic) bond motifs is 1. The van der Waals surface area contributed by atoms with Crippen molar-refractivity contribution in [3.8, 4) is 0 Å². The molecule has 1 atom stereocenters. The summed E-state index contributed by atoms with van der Waals surface area (Å²) in [6.45, 7) is 1.24. The van der Waals surface area contributed by atoms with E-state index in [2.05, 4.69) is 11.0 Å². The summed E-state index contributed by atoms with van der Waals surface area (Å²) < 4.78 is 13.0. The zero-order chi connectivity index (χ0) is 14.8. The zero-order valence-corrected chi connectivity index (χ0v) is 11.6. The molecule has 4 heteroatoms. The molecular weight excluding hydrogens is 267 g/mol. The van der Waals surface area contributed by atoms with Crippen LogP contribution in [0, 0.1) is 11.7 Å². The second-order valence-corrected chi connectivity index (χ2v) is 5.44. The molecule has 21 heavy (non-hydrogen) atoms. The van der Waals surface area contributed by atoms with Crippen LogP contribution in [0.15, 0.2) is 48.5 Å². The molecule has 1 unspecified atom stereocenters. The van der Waals surface area contributed by atoms with Crippen LogP contribution in [0.4, 0.5) is 10.1 Å². The Hall–Kier alpha value is -2.36. The highest BCUT2D eigenvalue weighted by Crippen LogP contribution is 2.30. The number of rotatable bonds is 3. The van der Waals surface area contributed by atoms with Crippen molar-refractivity contribution in [1.82, 2.24) is 0 Å². The molecule has 0 saturated carbocycles. The Balaban J connectivity index is 1.89. The first-order valence-corrected chi connectivity index (χ1v) is 7.00. The number of carbonyl (C=O) groups is 1. The van der Waals surface area contributed by atoms with E-state index in [1.807, 2.05) is 18.2 Å². The summed E-state index contributed by atoms with van der Waals surface area (Å²) in [6.07, 6.45) is 0.686. The summed E-state index contributed by atoms with van der Waals surface area (Å²) >= 11 is 0. The fourth-order valence-electron chi connectivity index (χ4n) is 2.84. The molecule has 2 aromatic rings. The third-order valence-corrected chi connectivity index (χ3v) is 3.93. The molecule has 1 aliphatic rings. The van der Waals surface area contributed by atoms with Gasteiger partial charge in [0, 0.05) is 18.8 Å². The number of carbonyl (C=O) groups excluding carboxylic acids is 1. The Morgan fingerprint density at radius 1 is 1.19 bits per heavy atom. The second kappa shape index (κ2) is 5.56. The van der Waals surface area contributed by atoms with Crippen molar-refractivity contribution in [2.45, 2.75) is 13.0 Å². The smallest absolute Gasteiger partial charge is 0.222 e. The molecule has 0 spiro atoms. The second-order valence-electron chi connectivity index (χ2n) is 5.44. The van der Waals surface area contributed by atoms with E-state index in [0.717, 1.165) is 16.8 Å². The summed E-state index contributed by atoms with van der Waals surface area (Å²) in [5, 5.41) is 0. The monoisotopic (exact) mass is 284 g/mol. The third kappa shape index (κ3) is 2.89. The molecule has 1 aliphatic heterocycles. The van der Waals surface area contributed by atoms with Crippen LogP contribution in [0.25, 0.3) is 0 Å². The normalized spacial score (nSPS) is 17.4. The quantitative estimate of drug-likeness (QED) is 0.941. The number of hydrogen-bond donors (Lipinski definition) is 1. The first kappa shape index (κ1) is 13.6. The summed E-state index contributed by atoms with van der Waals surface area (Å²) in [4.78, 5) is 13.7. The summed E-state index contributed by atoms with van der Waals surface area (Å²) in [6, 6.07) is 14.5. The van der Waals surface area contributed by atoms with Gasteiger partial charge in [-0.1, -0.05) is 30.3 Å². The molecule has 1 heterocycles. The lowest BCUT2D eigenvalue weighted by Gasteiger charge is -2.35. The molecule has 0 radical (unpaired) electrons. The Morgan fingerprint density at radius 2 is 1.90 bits per heavy atom. The van der Waals surface area contributed by atoms with Crippen LogP contribution in [0.1, 0.15) is 11.1 Å². The van der Waals surface area contributed by atoms with Gasteiger partial charge in [-0.2, -0.15) is 0 Å². The van der Waals surface area contributed by atoms with E-state index in [0.29, 0.717) is 19.5 Å². The van der Waals surface area contributed by atoms with Crippen molar-refractivity contribution in [2.24, 2.45) is 11.7 Å². The van der Waals surface area contributed by atoms with E-state index in [9.17, 15) is 9.18 Å². The lowest BCUT2D eigenvalue weighted by Crippen LogP contribution is -2.41. The van der Waals surface area contributed by atoms with Crippen molar-refractivity contribution < 1.29 is 9.18 Å². The number of para-hydroxylation sites is 1. The van der Waals surface area contributed by atoms with Gasteiger partial charge in [-0.05, 0) is 35.7 Å². The Labute approximate surface area is 123 Å². The van der Waals surface area contributed by atoms with Gasteiger partial charge in [-0.25, -0.2) is 4.39 Å². The molecule has 3 rings (SSSR count). The predicted molar refractivity (Wildman–Crippen MR) is 80.3 cm³/mol. The average Bonchev–Trinajstić information content (AvgIpc) is 2.49. The molecule has 0 fully saturated rings. The van der Waals surface area contributed by atoms with Gasteiger partial charge >= 0.3 is 0 Å². The van der Waals surface area contributed by atoms with Gasteiger partial charge in [-0.15, -0.1) is 0 Å². The van der Waals surface area contributed by atoms with Crippen molar-refractivity contribution >= 4 is 11.6 Å². The largest absolute Gasteiger partial charge is 0.369 e. The number of benzene rings is 2. The molecule has 108 valence electrons. The minimum absolute atomic E-state index is 0.180. The van der Waals surface area contributed by atoms with Gasteiger partial charge in [0.05, 0.1) is 5.92 Å². The van der Waals surface area contributed by atoms with Crippen molar-refractivity contribution in [1.29, 1.82) is 0 Å². The van der Waals surface area contributed by atoms with E-state index in [-0.39, 0.29) is 17.6 Å². The molecule has 3 nitrogen and oxygen atoms in total. The topological polar surface area (TPSA) is 46.3 Å². The van der Waals surface area contributed by atoms with Crippen LogP contribution in [0.2, 0.25) is 0 Å². The summed E-state index contributed by atoms with van der Waals surface area (Å²) in [7, 11) is 0. The van der Waals surface area contributed by atoms with Crippen LogP contribution >= 0.6 is 0 Å². The van der Waals surface area contributed by atoms with Gasteiger partial charge < -0.3 is 10.6 Å². The van der Waals surface area contributed by atoms with Crippen LogP contribution in [0.3, 0.4) is 0 Å². The molecular formula is C17H17FN2O. The Morgan fingerprint density at radius 3 is 2.62 bits per heavy atom. The maximum Gasteiger partial charge on any atom is 0.222 e.